The first-order valence-corrected chi connectivity index (χ1v) is 18.3. The van der Waals surface area contributed by atoms with Crippen LogP contribution in [0.25, 0.3) is 33.7 Å². The Balaban J connectivity index is 0.959. The molecule has 52 heavy (non-hydrogen) atoms. The van der Waals surface area contributed by atoms with Gasteiger partial charge in [0.1, 0.15) is 11.9 Å². The molecule has 0 bridgehead atoms. The van der Waals surface area contributed by atoms with E-state index in [0.29, 0.717) is 5.92 Å². The van der Waals surface area contributed by atoms with Gasteiger partial charge in [0.05, 0.1) is 22.8 Å². The molecule has 0 spiro atoms. The molecular formula is C48H39N3O. The Kier molecular flexibility index (Phi) is 8.72. The van der Waals surface area contributed by atoms with E-state index in [1.54, 1.807) is 0 Å². The minimum Gasteiger partial charge on any atom is -0.490 e. The summed E-state index contributed by atoms with van der Waals surface area (Å²) in [5.74, 6) is 2.10. The topological polar surface area (TPSA) is 46.8 Å². The van der Waals surface area contributed by atoms with E-state index >= 15 is 0 Å². The molecule has 9 rings (SSSR count). The molecule has 1 aliphatic heterocycles. The molecule has 6 aromatic rings. The van der Waals surface area contributed by atoms with Gasteiger partial charge in [0, 0.05) is 23.1 Å². The van der Waals surface area contributed by atoms with E-state index in [-0.39, 0.29) is 6.10 Å². The summed E-state index contributed by atoms with van der Waals surface area (Å²) >= 11 is 0. The molecular weight excluding hydrogens is 635 g/mol. The molecule has 0 saturated heterocycles. The number of nitrogens with zero attached hydrogens (tertiary/aromatic N) is 3. The van der Waals surface area contributed by atoms with E-state index in [1.165, 1.54) is 22.3 Å². The fourth-order valence-corrected chi connectivity index (χ4v) is 7.36. The zero-order valence-electron chi connectivity index (χ0n) is 29.0. The van der Waals surface area contributed by atoms with Gasteiger partial charge < -0.3 is 4.74 Å². The predicted molar refractivity (Wildman–Crippen MR) is 213 cm³/mol. The number of benzene rings is 5. The van der Waals surface area contributed by atoms with Crippen LogP contribution in [0.1, 0.15) is 54.5 Å². The minimum atomic E-state index is 0.100. The second kappa shape index (κ2) is 14.2. The second-order valence-electron chi connectivity index (χ2n) is 13.8. The molecule has 1 aromatic heterocycles. The third-order valence-corrected chi connectivity index (χ3v) is 10.3. The van der Waals surface area contributed by atoms with Gasteiger partial charge in [-0.3, -0.25) is 0 Å². The van der Waals surface area contributed by atoms with Gasteiger partial charge in [0.25, 0.3) is 0 Å². The fourth-order valence-electron chi connectivity index (χ4n) is 7.36. The normalized spacial score (nSPS) is 19.7. The van der Waals surface area contributed by atoms with E-state index < -0.39 is 0 Å². The molecule has 252 valence electrons. The second-order valence-corrected chi connectivity index (χ2v) is 13.8. The molecule has 5 aromatic carbocycles. The lowest BCUT2D eigenvalue weighted by atomic mass is 9.92. The lowest BCUT2D eigenvalue weighted by Gasteiger charge is -2.24. The van der Waals surface area contributed by atoms with Gasteiger partial charge in [0.15, 0.2) is 5.84 Å². The molecule has 2 aliphatic carbocycles. The summed E-state index contributed by atoms with van der Waals surface area (Å²) in [4.78, 5) is 15.7. The lowest BCUT2D eigenvalue weighted by Crippen LogP contribution is -2.19. The van der Waals surface area contributed by atoms with Crippen LogP contribution < -0.4 is 4.74 Å². The Morgan fingerprint density at radius 3 is 1.79 bits per heavy atom. The molecule has 0 amide bonds. The molecule has 2 heterocycles. The third-order valence-electron chi connectivity index (χ3n) is 10.3. The summed E-state index contributed by atoms with van der Waals surface area (Å²) in [7, 11) is 0. The van der Waals surface area contributed by atoms with Crippen LogP contribution >= 0.6 is 0 Å². The molecule has 2 unspecified atom stereocenters. The Hall–Kier alpha value is -6.13. The zero-order valence-corrected chi connectivity index (χ0v) is 29.0. The fraction of sp³-hybridized carbons (Fsp3) is 0.146. The number of fused-ring (bicyclic) bond motifs is 1. The number of allylic oxidation sites excluding steroid dienone is 2. The van der Waals surface area contributed by atoms with Gasteiger partial charge in [-0.05, 0) is 95.8 Å². The number of aromatic nitrogens is 1. The van der Waals surface area contributed by atoms with E-state index in [9.17, 15) is 0 Å². The molecule has 0 N–H and O–H groups in total. The number of hydrogen-bond acceptors (Lipinski definition) is 4. The molecule has 1 fully saturated rings. The van der Waals surface area contributed by atoms with Crippen molar-refractivity contribution in [3.8, 4) is 28.1 Å². The van der Waals surface area contributed by atoms with Gasteiger partial charge in [-0.2, -0.15) is 0 Å². The van der Waals surface area contributed by atoms with Crippen LogP contribution in [-0.4, -0.2) is 22.6 Å². The van der Waals surface area contributed by atoms with Crippen LogP contribution in [-0.2, 0) is 0 Å². The molecule has 4 heteroatoms. The predicted octanol–water partition coefficient (Wildman–Crippen LogP) is 11.5. The average Bonchev–Trinajstić information content (AvgIpc) is 3.97. The first-order chi connectivity index (χ1) is 25.7. The van der Waals surface area contributed by atoms with E-state index in [0.717, 1.165) is 88.7 Å². The summed E-state index contributed by atoms with van der Waals surface area (Å²) in [6.07, 6.45) is 7.09. The quantitative estimate of drug-likeness (QED) is 0.161. The maximum Gasteiger partial charge on any atom is 0.160 e. The third kappa shape index (κ3) is 6.93. The number of aliphatic imine (C=N–C) groups is 2. The standard InChI is InChI=1S/C48H39N3O/c1-5-13-33(14-6-1)39-30-44(34-15-7-2-8-16-34)49-45(31-39)36-21-25-41(26-22-36)52-42-27-23-38(24-28-42)48-50-46(35-17-9-3-10-18-35)32-40-29-43(40)47(51-48)37-19-11-4-12-20-37/h1-21,23-24,27-28,30-31,40-41H,22,25-26,29,32H2/b47-43-,50-46?,51-48?. The van der Waals surface area contributed by atoms with Crippen molar-refractivity contribution in [2.75, 3.05) is 0 Å². The van der Waals surface area contributed by atoms with Crippen molar-refractivity contribution in [1.29, 1.82) is 0 Å². The maximum absolute atomic E-state index is 6.57. The van der Waals surface area contributed by atoms with Crippen molar-refractivity contribution < 1.29 is 4.74 Å². The van der Waals surface area contributed by atoms with Crippen LogP contribution in [0, 0.1) is 5.92 Å². The summed E-state index contributed by atoms with van der Waals surface area (Å²) in [5, 5.41) is 0. The van der Waals surface area contributed by atoms with Crippen molar-refractivity contribution in [3.63, 3.8) is 0 Å². The van der Waals surface area contributed by atoms with Crippen LogP contribution in [0.3, 0.4) is 0 Å². The summed E-state index contributed by atoms with van der Waals surface area (Å²) in [6.45, 7) is 0. The van der Waals surface area contributed by atoms with Gasteiger partial charge in [-0.25, -0.2) is 15.0 Å². The summed E-state index contributed by atoms with van der Waals surface area (Å²) < 4.78 is 6.57. The highest BCUT2D eigenvalue weighted by molar-refractivity contribution is 6.14. The Bertz CT molecular complexity index is 2270. The highest BCUT2D eigenvalue weighted by atomic mass is 16.5. The SMILES string of the molecule is C1=C(c2cc(-c3ccccc3)cc(-c3ccccc3)n2)CCC(Oc2ccc(C3=N/C(c4ccccc4)=C4/CC4CC(c4ccccc4)=N3)cc2)C1. The first-order valence-electron chi connectivity index (χ1n) is 18.3. The Morgan fingerprint density at radius 2 is 1.13 bits per heavy atom. The number of amidine groups is 1. The van der Waals surface area contributed by atoms with E-state index in [2.05, 4.69) is 158 Å². The molecule has 1 saturated carbocycles. The Morgan fingerprint density at radius 1 is 0.519 bits per heavy atom. The van der Waals surface area contributed by atoms with Crippen molar-refractivity contribution in [2.45, 2.75) is 38.2 Å². The van der Waals surface area contributed by atoms with Crippen molar-refractivity contribution in [1.82, 2.24) is 4.98 Å². The zero-order chi connectivity index (χ0) is 34.7. The number of pyridine rings is 1. The van der Waals surface area contributed by atoms with Crippen LogP contribution in [0.4, 0.5) is 0 Å². The smallest absolute Gasteiger partial charge is 0.160 e. The highest BCUT2D eigenvalue weighted by Gasteiger charge is 2.36. The van der Waals surface area contributed by atoms with Crippen LogP contribution in [0.15, 0.2) is 179 Å². The van der Waals surface area contributed by atoms with Crippen LogP contribution in [0.2, 0.25) is 0 Å². The largest absolute Gasteiger partial charge is 0.490 e. The molecule has 0 radical (unpaired) electrons. The lowest BCUT2D eigenvalue weighted by molar-refractivity contribution is 0.192. The number of ether oxygens (including phenoxy) is 1. The summed E-state index contributed by atoms with van der Waals surface area (Å²) in [6, 6.07) is 54.9. The van der Waals surface area contributed by atoms with Gasteiger partial charge in [-0.15, -0.1) is 0 Å². The minimum absolute atomic E-state index is 0.100. The number of rotatable bonds is 8. The van der Waals surface area contributed by atoms with Gasteiger partial charge >= 0.3 is 0 Å². The van der Waals surface area contributed by atoms with Crippen molar-refractivity contribution in [3.05, 3.63) is 192 Å². The summed E-state index contributed by atoms with van der Waals surface area (Å²) in [5.41, 5.74) is 13.7. The maximum atomic E-state index is 6.57. The average molecular weight is 674 g/mol. The van der Waals surface area contributed by atoms with Crippen LogP contribution in [0.5, 0.6) is 5.75 Å². The molecule has 4 nitrogen and oxygen atoms in total. The first kappa shape index (κ1) is 31.8. The van der Waals surface area contributed by atoms with Crippen molar-refractivity contribution >= 4 is 22.8 Å². The monoisotopic (exact) mass is 673 g/mol. The Labute approximate surface area is 305 Å². The van der Waals surface area contributed by atoms with E-state index in [4.69, 9.17) is 19.7 Å². The van der Waals surface area contributed by atoms with Gasteiger partial charge in [-0.1, -0.05) is 127 Å². The van der Waals surface area contributed by atoms with Crippen molar-refractivity contribution in [2.24, 2.45) is 15.9 Å². The molecule has 3 aliphatic rings. The highest BCUT2D eigenvalue weighted by Crippen LogP contribution is 2.48. The van der Waals surface area contributed by atoms with E-state index in [1.807, 2.05) is 6.07 Å². The number of hydrogen-bond donors (Lipinski definition) is 0. The van der Waals surface area contributed by atoms with Gasteiger partial charge in [0.2, 0.25) is 0 Å². The molecule has 2 atom stereocenters.